The zero-order chi connectivity index (χ0) is 26.7. The molecule has 1 unspecified atom stereocenters. The fraction of sp³-hybridized carbons (Fsp3) is 0.308. The highest BCUT2D eigenvalue weighted by atomic mass is 19.4. The van der Waals surface area contributed by atoms with Crippen LogP contribution in [-0.2, 0) is 15.7 Å². The highest BCUT2D eigenvalue weighted by Crippen LogP contribution is 2.43. The van der Waals surface area contributed by atoms with Gasteiger partial charge in [0.15, 0.2) is 6.23 Å². The molecule has 3 heterocycles. The first-order valence-corrected chi connectivity index (χ1v) is 11.9. The Morgan fingerprint density at radius 1 is 1.05 bits per heavy atom. The smallest absolute Gasteiger partial charge is 0.422 e. The Kier molecular flexibility index (Phi) is 7.25. The van der Waals surface area contributed by atoms with E-state index in [1.807, 2.05) is 4.90 Å². The van der Waals surface area contributed by atoms with Crippen LogP contribution in [0.5, 0.6) is 0 Å². The first-order chi connectivity index (χ1) is 18.3. The van der Waals surface area contributed by atoms with Gasteiger partial charge in [-0.3, -0.25) is 9.69 Å². The predicted molar refractivity (Wildman–Crippen MR) is 127 cm³/mol. The molecule has 198 valence electrons. The Morgan fingerprint density at radius 2 is 1.82 bits per heavy atom. The van der Waals surface area contributed by atoms with E-state index in [2.05, 4.69) is 15.3 Å². The largest absolute Gasteiger partial charge is 0.449 e. The summed E-state index contributed by atoms with van der Waals surface area (Å²) in [5.41, 5.74) is -0.174. The van der Waals surface area contributed by atoms with Crippen LogP contribution in [0.4, 0.5) is 13.2 Å². The Hall–Kier alpha value is -4.03. The summed E-state index contributed by atoms with van der Waals surface area (Å²) in [5, 5.41) is 18.1. The average Bonchev–Trinajstić information content (AvgIpc) is 3.58. The second-order valence-electron chi connectivity index (χ2n) is 8.84. The van der Waals surface area contributed by atoms with Gasteiger partial charge in [-0.25, -0.2) is 0 Å². The number of β-amino-alcohol motifs (C(OH)–C–C–N with tert-alkyl or cyclic N) is 1. The molecule has 2 atom stereocenters. The number of carbonyl (C=O) groups is 1. The molecule has 0 saturated carbocycles. The van der Waals surface area contributed by atoms with Gasteiger partial charge in [0.2, 0.25) is 11.6 Å². The van der Waals surface area contributed by atoms with Gasteiger partial charge in [0, 0.05) is 24.2 Å². The molecule has 1 aliphatic heterocycles. The summed E-state index contributed by atoms with van der Waals surface area (Å²) < 4.78 is 57.1. The van der Waals surface area contributed by atoms with E-state index in [4.69, 9.17) is 13.8 Å². The second kappa shape index (κ2) is 10.8. The quantitative estimate of drug-likeness (QED) is 0.312. The summed E-state index contributed by atoms with van der Waals surface area (Å²) in [4.78, 5) is 16.8. The lowest BCUT2D eigenvalue weighted by molar-refractivity contribution is -0.148. The van der Waals surface area contributed by atoms with E-state index in [1.165, 1.54) is 12.1 Å². The van der Waals surface area contributed by atoms with Crippen LogP contribution in [0.15, 0.2) is 63.6 Å². The minimum atomic E-state index is -4.78. The number of piperidine rings is 1. The zero-order valence-electron chi connectivity index (χ0n) is 20.0. The fourth-order valence-electron chi connectivity index (χ4n) is 4.49. The molecule has 4 aromatic rings. The van der Waals surface area contributed by atoms with Crippen LogP contribution < -0.4 is 0 Å². The van der Waals surface area contributed by atoms with Gasteiger partial charge >= 0.3 is 6.18 Å². The summed E-state index contributed by atoms with van der Waals surface area (Å²) >= 11 is 0. The van der Waals surface area contributed by atoms with Gasteiger partial charge < -0.3 is 18.9 Å². The molecule has 0 aliphatic carbocycles. The van der Waals surface area contributed by atoms with Crippen molar-refractivity contribution in [1.82, 2.24) is 20.2 Å². The van der Waals surface area contributed by atoms with Crippen molar-refractivity contribution in [1.29, 1.82) is 0 Å². The molecule has 5 rings (SSSR count). The Balaban J connectivity index is 1.35. The number of aromatic nitrogens is 3. The number of likely N-dealkylation sites (tertiary alicyclic amines) is 1. The summed E-state index contributed by atoms with van der Waals surface area (Å²) in [6, 6.07) is 14.4. The SMILES string of the molecule is O=CO[C@H]1CCCCN1CC(O)c1ccc(-c2noc(-c3onc(-c4ccccc4)c3C(F)(F)F)n2)cc1. The van der Waals surface area contributed by atoms with E-state index >= 15 is 0 Å². The van der Waals surface area contributed by atoms with Crippen molar-refractivity contribution in [3.05, 3.63) is 65.7 Å². The van der Waals surface area contributed by atoms with Crippen molar-refractivity contribution >= 4 is 6.47 Å². The number of ether oxygens (including phenoxy) is 1. The lowest BCUT2D eigenvalue weighted by atomic mass is 10.0. The van der Waals surface area contributed by atoms with Crippen molar-refractivity contribution in [2.75, 3.05) is 13.1 Å². The van der Waals surface area contributed by atoms with Gasteiger partial charge in [-0.05, 0) is 24.8 Å². The monoisotopic (exact) mass is 528 g/mol. The number of nitrogens with zero attached hydrogens (tertiary/aromatic N) is 4. The molecule has 2 aromatic carbocycles. The number of hydrogen-bond donors (Lipinski definition) is 1. The van der Waals surface area contributed by atoms with Crippen LogP contribution in [-0.4, -0.2) is 51.1 Å². The van der Waals surface area contributed by atoms with Crippen molar-refractivity contribution in [2.45, 2.75) is 37.8 Å². The van der Waals surface area contributed by atoms with E-state index in [0.29, 0.717) is 30.6 Å². The minimum Gasteiger partial charge on any atom is -0.449 e. The van der Waals surface area contributed by atoms with Gasteiger partial charge in [-0.15, -0.1) is 0 Å². The minimum absolute atomic E-state index is 0.0438. The van der Waals surface area contributed by atoms with Crippen LogP contribution in [0.2, 0.25) is 0 Å². The molecule has 1 fully saturated rings. The Morgan fingerprint density at radius 3 is 2.53 bits per heavy atom. The lowest BCUT2D eigenvalue weighted by Gasteiger charge is -2.35. The molecule has 0 bridgehead atoms. The van der Waals surface area contributed by atoms with E-state index < -0.39 is 29.5 Å². The molecule has 38 heavy (non-hydrogen) atoms. The average molecular weight is 528 g/mol. The Bertz CT molecular complexity index is 1370. The first kappa shape index (κ1) is 25.6. The topological polar surface area (TPSA) is 115 Å². The van der Waals surface area contributed by atoms with E-state index in [1.54, 1.807) is 42.5 Å². The van der Waals surface area contributed by atoms with Crippen LogP contribution in [0.3, 0.4) is 0 Å². The molecule has 0 spiro atoms. The van der Waals surface area contributed by atoms with Crippen LogP contribution in [0.25, 0.3) is 34.3 Å². The van der Waals surface area contributed by atoms with Gasteiger partial charge in [0.25, 0.3) is 12.4 Å². The van der Waals surface area contributed by atoms with Gasteiger partial charge in [-0.1, -0.05) is 64.9 Å². The van der Waals surface area contributed by atoms with Crippen molar-refractivity contribution in [3.8, 4) is 34.3 Å². The van der Waals surface area contributed by atoms with Crippen molar-refractivity contribution < 1.29 is 36.9 Å². The number of aliphatic hydroxyl groups is 1. The zero-order valence-corrected chi connectivity index (χ0v) is 20.0. The highest BCUT2D eigenvalue weighted by Gasteiger charge is 2.43. The number of aliphatic hydroxyl groups excluding tert-OH is 1. The maximum atomic E-state index is 14.0. The third-order valence-electron chi connectivity index (χ3n) is 6.37. The number of halogens is 3. The predicted octanol–water partition coefficient (Wildman–Crippen LogP) is 5.10. The van der Waals surface area contributed by atoms with Crippen LogP contribution in [0, 0.1) is 0 Å². The van der Waals surface area contributed by atoms with Crippen molar-refractivity contribution in [3.63, 3.8) is 0 Å². The molecule has 0 amide bonds. The number of carbonyl (C=O) groups excluding carboxylic acids is 1. The van der Waals surface area contributed by atoms with Gasteiger partial charge in [0.05, 0.1) is 6.10 Å². The highest BCUT2D eigenvalue weighted by molar-refractivity contribution is 5.71. The normalized spacial score (nSPS) is 17.3. The molecule has 9 nitrogen and oxygen atoms in total. The molecule has 1 N–H and O–H groups in total. The summed E-state index contributed by atoms with van der Waals surface area (Å²) in [7, 11) is 0. The first-order valence-electron chi connectivity index (χ1n) is 11.9. The fourth-order valence-corrected chi connectivity index (χ4v) is 4.49. The van der Waals surface area contributed by atoms with E-state index in [9.17, 15) is 23.1 Å². The molecule has 1 aliphatic rings. The Labute approximate surface area is 214 Å². The standard InChI is InChI=1S/C26H23F3N4O5/c27-26(28,29)21-22(17-6-2-1-3-7-17)31-37-23(21)25-30-24(32-38-25)18-11-9-16(10-12-18)19(35)14-33-13-5-4-8-20(33)36-15-34/h1-3,6-7,9-12,15,19-20,35H,4-5,8,13-14H2/t19?,20-/m0/s1. The molecular formula is C26H23F3N4O5. The van der Waals surface area contributed by atoms with E-state index in [0.717, 1.165) is 12.8 Å². The summed E-state index contributed by atoms with van der Waals surface area (Å²) in [6.45, 7) is 1.40. The molecule has 12 heteroatoms. The number of benzene rings is 2. The number of alkyl halides is 3. The maximum Gasteiger partial charge on any atom is 0.422 e. The van der Waals surface area contributed by atoms with Crippen molar-refractivity contribution in [2.24, 2.45) is 0 Å². The summed E-state index contributed by atoms with van der Waals surface area (Å²) in [5.74, 6) is -1.09. The van der Waals surface area contributed by atoms with Crippen LogP contribution >= 0.6 is 0 Å². The number of hydrogen-bond acceptors (Lipinski definition) is 9. The third-order valence-corrected chi connectivity index (χ3v) is 6.37. The number of rotatable bonds is 8. The third kappa shape index (κ3) is 5.31. The second-order valence-corrected chi connectivity index (χ2v) is 8.84. The molecule has 0 radical (unpaired) electrons. The molecular weight excluding hydrogens is 505 g/mol. The molecule has 1 saturated heterocycles. The van der Waals surface area contributed by atoms with Crippen LogP contribution in [0.1, 0.15) is 36.5 Å². The summed E-state index contributed by atoms with van der Waals surface area (Å²) in [6.07, 6.45) is -3.40. The van der Waals surface area contributed by atoms with Gasteiger partial charge in [-0.2, -0.15) is 18.2 Å². The lowest BCUT2D eigenvalue weighted by Crippen LogP contribution is -2.43. The molecule has 2 aromatic heterocycles. The van der Waals surface area contributed by atoms with E-state index in [-0.39, 0.29) is 29.9 Å². The van der Waals surface area contributed by atoms with Gasteiger partial charge in [0.1, 0.15) is 11.3 Å². The maximum absolute atomic E-state index is 14.0.